The van der Waals surface area contributed by atoms with Crippen molar-refractivity contribution in [3.63, 3.8) is 0 Å². The minimum atomic E-state index is -0.815. The fourth-order valence-electron chi connectivity index (χ4n) is 3.76. The van der Waals surface area contributed by atoms with E-state index in [2.05, 4.69) is 29.3 Å². The Bertz CT molecular complexity index is 983. The molecule has 6 nitrogen and oxygen atoms in total. The second-order valence-electron chi connectivity index (χ2n) is 7.18. The number of imidazole rings is 1. The van der Waals surface area contributed by atoms with Crippen LogP contribution >= 0.6 is 0 Å². The maximum atomic E-state index is 13.6. The Morgan fingerprint density at radius 2 is 1.70 bits per heavy atom. The maximum Gasteiger partial charge on any atom is 0.165 e. The number of aromatic nitrogens is 4. The SMILES string of the molecule is Fc1ccc(N2CCCN(c3ncnc4c3ncn4C3CC3)CC2)cc1F. The van der Waals surface area contributed by atoms with Gasteiger partial charge in [-0.1, -0.05) is 0 Å². The maximum absolute atomic E-state index is 13.6. The van der Waals surface area contributed by atoms with Crippen LogP contribution in [0.3, 0.4) is 0 Å². The first kappa shape index (κ1) is 16.4. The van der Waals surface area contributed by atoms with Crippen LogP contribution < -0.4 is 9.80 Å². The van der Waals surface area contributed by atoms with Gasteiger partial charge in [-0.15, -0.1) is 0 Å². The summed E-state index contributed by atoms with van der Waals surface area (Å²) >= 11 is 0. The minimum absolute atomic E-state index is 0.519. The Balaban J connectivity index is 1.39. The first-order valence-corrected chi connectivity index (χ1v) is 9.33. The highest BCUT2D eigenvalue weighted by atomic mass is 19.2. The Morgan fingerprint density at radius 1 is 0.889 bits per heavy atom. The quantitative estimate of drug-likeness (QED) is 0.709. The predicted molar refractivity (Wildman–Crippen MR) is 99.0 cm³/mol. The average molecular weight is 370 g/mol. The van der Waals surface area contributed by atoms with Gasteiger partial charge in [0.1, 0.15) is 6.33 Å². The van der Waals surface area contributed by atoms with E-state index in [1.807, 2.05) is 6.33 Å². The van der Waals surface area contributed by atoms with Gasteiger partial charge in [0, 0.05) is 44.0 Å². The summed E-state index contributed by atoms with van der Waals surface area (Å²) in [5.74, 6) is -0.770. The third kappa shape index (κ3) is 2.98. The third-order valence-corrected chi connectivity index (χ3v) is 5.34. The molecule has 0 bridgehead atoms. The van der Waals surface area contributed by atoms with Crippen LogP contribution in [-0.2, 0) is 0 Å². The van der Waals surface area contributed by atoms with Crippen molar-refractivity contribution >= 4 is 22.7 Å². The van der Waals surface area contributed by atoms with Crippen molar-refractivity contribution < 1.29 is 8.78 Å². The molecule has 27 heavy (non-hydrogen) atoms. The normalized spacial score (nSPS) is 18.1. The molecule has 8 heteroatoms. The van der Waals surface area contributed by atoms with Crippen molar-refractivity contribution in [2.75, 3.05) is 36.0 Å². The Kier molecular flexibility index (Phi) is 3.91. The van der Waals surface area contributed by atoms with Gasteiger partial charge in [0.2, 0.25) is 0 Å². The summed E-state index contributed by atoms with van der Waals surface area (Å²) < 4.78 is 28.9. The van der Waals surface area contributed by atoms with E-state index in [-0.39, 0.29) is 0 Å². The van der Waals surface area contributed by atoms with Gasteiger partial charge in [-0.05, 0) is 31.4 Å². The molecule has 3 heterocycles. The van der Waals surface area contributed by atoms with Gasteiger partial charge >= 0.3 is 0 Å². The van der Waals surface area contributed by atoms with E-state index < -0.39 is 11.6 Å². The van der Waals surface area contributed by atoms with Crippen molar-refractivity contribution in [3.8, 4) is 0 Å². The average Bonchev–Trinajstić information content (AvgIpc) is 3.47. The van der Waals surface area contributed by atoms with Crippen molar-refractivity contribution in [2.24, 2.45) is 0 Å². The molecule has 0 N–H and O–H groups in total. The van der Waals surface area contributed by atoms with Gasteiger partial charge in [-0.25, -0.2) is 23.7 Å². The van der Waals surface area contributed by atoms with Crippen LogP contribution in [-0.4, -0.2) is 45.7 Å². The number of hydrogen-bond acceptors (Lipinski definition) is 5. The Labute approximate surface area is 155 Å². The molecule has 0 spiro atoms. The van der Waals surface area contributed by atoms with Gasteiger partial charge in [0.15, 0.2) is 28.6 Å². The zero-order chi connectivity index (χ0) is 18.4. The molecule has 2 fully saturated rings. The van der Waals surface area contributed by atoms with Crippen molar-refractivity contribution in [2.45, 2.75) is 25.3 Å². The lowest BCUT2D eigenvalue weighted by molar-refractivity contribution is 0.508. The number of fused-ring (bicyclic) bond motifs is 1. The summed E-state index contributed by atoms with van der Waals surface area (Å²) in [5.41, 5.74) is 2.44. The highest BCUT2D eigenvalue weighted by Gasteiger charge is 2.27. The lowest BCUT2D eigenvalue weighted by Crippen LogP contribution is -2.31. The second-order valence-corrected chi connectivity index (χ2v) is 7.18. The van der Waals surface area contributed by atoms with E-state index in [9.17, 15) is 8.78 Å². The van der Waals surface area contributed by atoms with E-state index in [1.165, 1.54) is 25.0 Å². The third-order valence-electron chi connectivity index (χ3n) is 5.34. The first-order valence-electron chi connectivity index (χ1n) is 9.33. The van der Waals surface area contributed by atoms with E-state index in [0.29, 0.717) is 18.3 Å². The fourth-order valence-corrected chi connectivity index (χ4v) is 3.76. The van der Waals surface area contributed by atoms with Gasteiger partial charge < -0.3 is 14.4 Å². The molecule has 0 amide bonds. The van der Waals surface area contributed by atoms with Crippen molar-refractivity contribution in [1.82, 2.24) is 19.5 Å². The second kappa shape index (κ2) is 6.44. The molecular formula is C19H20F2N6. The topological polar surface area (TPSA) is 50.1 Å². The lowest BCUT2D eigenvalue weighted by atomic mass is 10.2. The van der Waals surface area contributed by atoms with Crippen LogP contribution in [0.4, 0.5) is 20.3 Å². The summed E-state index contributed by atoms with van der Waals surface area (Å²) in [5, 5.41) is 0. The number of hydrogen-bond donors (Lipinski definition) is 0. The van der Waals surface area contributed by atoms with E-state index >= 15 is 0 Å². The molecule has 1 aromatic carbocycles. The smallest absolute Gasteiger partial charge is 0.165 e. The molecule has 2 aliphatic rings. The molecule has 0 radical (unpaired) electrons. The molecule has 1 aliphatic heterocycles. The summed E-state index contributed by atoms with van der Waals surface area (Å²) in [6.07, 6.45) is 6.73. The zero-order valence-corrected chi connectivity index (χ0v) is 14.9. The highest BCUT2D eigenvalue weighted by molar-refractivity contribution is 5.83. The Hall–Kier alpha value is -2.77. The number of rotatable bonds is 3. The summed E-state index contributed by atoms with van der Waals surface area (Å²) in [6.45, 7) is 3.07. The van der Waals surface area contributed by atoms with Gasteiger partial charge in [0.05, 0.1) is 6.33 Å². The largest absolute Gasteiger partial charge is 0.370 e. The highest BCUT2D eigenvalue weighted by Crippen LogP contribution is 2.37. The van der Waals surface area contributed by atoms with Crippen LogP contribution in [0.2, 0.25) is 0 Å². The van der Waals surface area contributed by atoms with Crippen LogP contribution in [0.25, 0.3) is 11.2 Å². The zero-order valence-electron chi connectivity index (χ0n) is 14.9. The predicted octanol–water partition coefficient (Wildman–Crippen LogP) is 3.16. The van der Waals surface area contributed by atoms with Crippen LogP contribution in [0.5, 0.6) is 0 Å². The van der Waals surface area contributed by atoms with E-state index in [1.54, 1.807) is 12.4 Å². The summed E-state index contributed by atoms with van der Waals surface area (Å²) in [4.78, 5) is 17.8. The monoisotopic (exact) mass is 370 g/mol. The fraction of sp³-hybridized carbons (Fsp3) is 0.421. The van der Waals surface area contributed by atoms with Gasteiger partial charge in [0.25, 0.3) is 0 Å². The molecular weight excluding hydrogens is 350 g/mol. The number of anilines is 2. The van der Waals surface area contributed by atoms with Crippen LogP contribution in [0, 0.1) is 11.6 Å². The summed E-state index contributed by atoms with van der Waals surface area (Å²) in [7, 11) is 0. The minimum Gasteiger partial charge on any atom is -0.370 e. The molecule has 5 rings (SSSR count). The molecule has 1 saturated heterocycles. The molecule has 2 aromatic heterocycles. The Morgan fingerprint density at radius 3 is 2.52 bits per heavy atom. The van der Waals surface area contributed by atoms with Crippen molar-refractivity contribution in [3.05, 3.63) is 42.5 Å². The molecule has 0 atom stereocenters. The number of nitrogens with zero attached hydrogens (tertiary/aromatic N) is 6. The van der Waals surface area contributed by atoms with E-state index in [0.717, 1.165) is 43.0 Å². The van der Waals surface area contributed by atoms with E-state index in [4.69, 9.17) is 0 Å². The molecule has 140 valence electrons. The first-order chi connectivity index (χ1) is 13.2. The van der Waals surface area contributed by atoms with Crippen molar-refractivity contribution in [1.29, 1.82) is 0 Å². The molecule has 1 aliphatic carbocycles. The molecule has 3 aromatic rings. The lowest BCUT2D eigenvalue weighted by Gasteiger charge is -2.24. The van der Waals surface area contributed by atoms with Crippen LogP contribution in [0.1, 0.15) is 25.3 Å². The molecule has 1 saturated carbocycles. The molecule has 0 unspecified atom stereocenters. The van der Waals surface area contributed by atoms with Crippen LogP contribution in [0.15, 0.2) is 30.9 Å². The number of benzene rings is 1. The van der Waals surface area contributed by atoms with Gasteiger partial charge in [-0.2, -0.15) is 0 Å². The number of halogens is 2. The van der Waals surface area contributed by atoms with Gasteiger partial charge in [-0.3, -0.25) is 0 Å². The summed E-state index contributed by atoms with van der Waals surface area (Å²) in [6, 6.07) is 4.61. The standard InChI is InChI=1S/C19H20F2N6/c20-15-5-4-14(10-16(15)21)25-6-1-7-26(9-8-25)18-17-19(23-11-22-18)27(12-24-17)13-2-3-13/h4-5,10-13H,1-3,6-9H2.